The van der Waals surface area contributed by atoms with Crippen molar-refractivity contribution >= 4 is 38.1 Å². The van der Waals surface area contributed by atoms with Gasteiger partial charge in [0.05, 0.1) is 10.2 Å². The Kier molecular flexibility index (Phi) is 5.70. The lowest BCUT2D eigenvalue weighted by molar-refractivity contribution is 0.210. The molecule has 4 N–H and O–H groups in total. The summed E-state index contributed by atoms with van der Waals surface area (Å²) in [6.45, 7) is 0. The van der Waals surface area contributed by atoms with Gasteiger partial charge in [-0.25, -0.2) is 23.2 Å². The van der Waals surface area contributed by atoms with Crippen molar-refractivity contribution in [1.29, 1.82) is 0 Å². The van der Waals surface area contributed by atoms with E-state index >= 15 is 0 Å². The van der Waals surface area contributed by atoms with Crippen molar-refractivity contribution in [1.82, 2.24) is 24.8 Å². The number of hydrogen-bond acceptors (Lipinski definition) is 11. The number of nitrogens with one attached hydrogen (secondary N) is 2. The van der Waals surface area contributed by atoms with Crippen molar-refractivity contribution in [3.8, 4) is 17.2 Å². The largest absolute Gasteiger partial charge is 0.446 e. The van der Waals surface area contributed by atoms with Crippen LogP contribution in [0.25, 0.3) is 17.2 Å². The van der Waals surface area contributed by atoms with E-state index in [1.807, 2.05) is 0 Å². The Morgan fingerprint density at radius 1 is 1.28 bits per heavy atom. The van der Waals surface area contributed by atoms with Gasteiger partial charge in [0, 0.05) is 12.1 Å². The van der Waals surface area contributed by atoms with E-state index in [0.29, 0.717) is 12.8 Å². The average molecular weight is 534 g/mol. The number of hydrogen-bond donors (Lipinski definition) is 3. The molecule has 0 atom stereocenters. The number of nitrogens with two attached hydrogens (primary N) is 1. The van der Waals surface area contributed by atoms with E-state index in [4.69, 9.17) is 14.9 Å². The van der Waals surface area contributed by atoms with E-state index in [-0.39, 0.29) is 33.5 Å². The highest BCUT2D eigenvalue weighted by molar-refractivity contribution is 9.10. The Labute approximate surface area is 186 Å². The van der Waals surface area contributed by atoms with E-state index in [0.717, 1.165) is 10.6 Å². The molecule has 2 heterocycles. The van der Waals surface area contributed by atoms with Gasteiger partial charge >= 0.3 is 22.2 Å². The first kappa shape index (κ1) is 21.9. The first-order valence-corrected chi connectivity index (χ1v) is 11.0. The van der Waals surface area contributed by atoms with Crippen LogP contribution in [0, 0.1) is 5.82 Å². The number of carbonyl (C=O) groups excluding carboxylic acids is 1. The number of halogens is 2. The summed E-state index contributed by atoms with van der Waals surface area (Å²) >= 11 is 3.05. The standard InChI is InChI=1S/C15H13BrFN7O7S/c16-9-5-8(1-2-10(9)17)24-13(22-29-15(24)26)11-12(21-31-20-11)19-6-3-7(4-6)23-32(27,28)30-14(18)25/h1-2,5-7,23H,3-4H2,(H2,18,25)(H,19,21). The lowest BCUT2D eigenvalue weighted by Gasteiger charge is -2.35. The number of primary amides is 1. The molecule has 3 aromatic rings. The molecule has 0 saturated heterocycles. The Bertz CT molecular complexity index is 1330. The molecule has 1 aromatic carbocycles. The van der Waals surface area contributed by atoms with E-state index in [1.54, 1.807) is 0 Å². The number of amides is 1. The highest BCUT2D eigenvalue weighted by Gasteiger charge is 2.35. The molecule has 2 aromatic heterocycles. The fourth-order valence-corrected chi connectivity index (χ4v) is 4.27. The number of rotatable bonds is 7. The smallest absolute Gasteiger partial charge is 0.362 e. The molecular formula is C15H13BrFN7O7S. The predicted octanol–water partition coefficient (Wildman–Crippen LogP) is 0.650. The molecule has 1 saturated carbocycles. The molecule has 14 nitrogen and oxygen atoms in total. The van der Waals surface area contributed by atoms with Crippen LogP contribution in [0.15, 0.2) is 36.6 Å². The van der Waals surface area contributed by atoms with Gasteiger partial charge in [-0.2, -0.15) is 13.1 Å². The molecule has 0 unspecified atom stereocenters. The Balaban J connectivity index is 1.50. The predicted molar refractivity (Wildman–Crippen MR) is 106 cm³/mol. The van der Waals surface area contributed by atoms with Crippen LogP contribution in [0.5, 0.6) is 0 Å². The monoisotopic (exact) mass is 533 g/mol. The summed E-state index contributed by atoms with van der Waals surface area (Å²) in [6.07, 6.45) is -0.828. The summed E-state index contributed by atoms with van der Waals surface area (Å²) < 4.78 is 53.5. The molecule has 0 aliphatic heterocycles. The second kappa shape index (κ2) is 8.32. The maximum atomic E-state index is 13.6. The summed E-state index contributed by atoms with van der Waals surface area (Å²) in [6, 6.07) is 3.09. The number of aromatic nitrogens is 4. The SMILES string of the molecule is NC(=O)OS(=O)(=O)NC1CC(Nc2nonc2-c2noc(=O)n2-c2ccc(F)c(Br)c2)C1. The van der Waals surface area contributed by atoms with E-state index < -0.39 is 34.0 Å². The molecule has 0 spiro atoms. The first-order valence-electron chi connectivity index (χ1n) is 8.78. The molecule has 1 fully saturated rings. The molecule has 1 amide bonds. The third kappa shape index (κ3) is 4.48. The van der Waals surface area contributed by atoms with Gasteiger partial charge in [-0.3, -0.25) is 4.52 Å². The summed E-state index contributed by atoms with van der Waals surface area (Å²) in [4.78, 5) is 22.8. The molecule has 1 aliphatic carbocycles. The zero-order valence-electron chi connectivity index (χ0n) is 15.7. The lowest BCUT2D eigenvalue weighted by atomic mass is 9.87. The second-order valence-corrected chi connectivity index (χ2v) is 8.82. The lowest BCUT2D eigenvalue weighted by Crippen LogP contribution is -2.50. The molecule has 0 bridgehead atoms. The van der Waals surface area contributed by atoms with Crippen LogP contribution in [0.3, 0.4) is 0 Å². The Morgan fingerprint density at radius 2 is 2.03 bits per heavy atom. The normalized spacial score (nSPS) is 18.2. The number of nitrogens with zero attached hydrogens (tertiary/aromatic N) is 4. The molecule has 32 heavy (non-hydrogen) atoms. The minimum atomic E-state index is -4.31. The third-order valence-corrected chi connectivity index (χ3v) is 6.06. The molecular weight excluding hydrogens is 521 g/mol. The van der Waals surface area contributed by atoms with Crippen molar-refractivity contribution in [3.63, 3.8) is 0 Å². The summed E-state index contributed by atoms with van der Waals surface area (Å²) in [5.74, 6) is -1.31. The van der Waals surface area contributed by atoms with Crippen molar-refractivity contribution in [2.24, 2.45) is 5.73 Å². The quantitative estimate of drug-likeness (QED) is 0.385. The Hall–Kier alpha value is -3.31. The van der Waals surface area contributed by atoms with Gasteiger partial charge in [-0.15, -0.1) is 0 Å². The van der Waals surface area contributed by atoms with E-state index in [1.165, 1.54) is 12.1 Å². The first-order chi connectivity index (χ1) is 15.1. The van der Waals surface area contributed by atoms with Gasteiger partial charge in [0.25, 0.3) is 0 Å². The number of anilines is 1. The van der Waals surface area contributed by atoms with Crippen molar-refractivity contribution in [3.05, 3.63) is 39.0 Å². The molecule has 17 heteroatoms. The van der Waals surface area contributed by atoms with Gasteiger partial charge in [0.1, 0.15) is 5.82 Å². The van der Waals surface area contributed by atoms with Crippen LogP contribution < -0.4 is 21.5 Å². The van der Waals surface area contributed by atoms with E-state index in [9.17, 15) is 22.4 Å². The topological polar surface area (TPSA) is 197 Å². The zero-order valence-corrected chi connectivity index (χ0v) is 18.1. The summed E-state index contributed by atoms with van der Waals surface area (Å²) in [5.41, 5.74) is 4.99. The number of carbonyl (C=O) groups is 1. The van der Waals surface area contributed by atoms with Gasteiger partial charge < -0.3 is 15.2 Å². The summed E-state index contributed by atoms with van der Waals surface area (Å²) in [7, 11) is -4.31. The van der Waals surface area contributed by atoms with Gasteiger partial charge in [-0.05, 0) is 57.3 Å². The minimum absolute atomic E-state index is 0.0392. The van der Waals surface area contributed by atoms with Crippen LogP contribution in [0.1, 0.15) is 12.8 Å². The molecule has 170 valence electrons. The highest BCUT2D eigenvalue weighted by atomic mass is 79.9. The average Bonchev–Trinajstić information content (AvgIpc) is 3.27. The van der Waals surface area contributed by atoms with Gasteiger partial charge in [0.15, 0.2) is 5.69 Å². The van der Waals surface area contributed by atoms with Crippen molar-refractivity contribution < 1.29 is 30.9 Å². The highest BCUT2D eigenvalue weighted by Crippen LogP contribution is 2.30. The summed E-state index contributed by atoms with van der Waals surface area (Å²) in [5, 5.41) is 14.2. The minimum Gasteiger partial charge on any atom is -0.362 e. The number of benzene rings is 1. The van der Waals surface area contributed by atoms with Gasteiger partial charge in [0.2, 0.25) is 11.6 Å². The maximum Gasteiger partial charge on any atom is 0.446 e. The zero-order chi connectivity index (χ0) is 23.0. The Morgan fingerprint density at radius 3 is 2.72 bits per heavy atom. The van der Waals surface area contributed by atoms with Crippen molar-refractivity contribution in [2.45, 2.75) is 24.9 Å². The van der Waals surface area contributed by atoms with E-state index in [2.05, 4.69) is 45.6 Å². The van der Waals surface area contributed by atoms with Crippen LogP contribution in [0.2, 0.25) is 0 Å². The van der Waals surface area contributed by atoms with Crippen LogP contribution in [-0.2, 0) is 14.5 Å². The van der Waals surface area contributed by atoms with Crippen LogP contribution in [-0.4, -0.2) is 46.6 Å². The van der Waals surface area contributed by atoms with Gasteiger partial charge in [-0.1, -0.05) is 5.16 Å². The third-order valence-electron chi connectivity index (χ3n) is 4.45. The fourth-order valence-electron chi connectivity index (χ4n) is 3.04. The fraction of sp³-hybridized carbons (Fsp3) is 0.267. The van der Waals surface area contributed by atoms with Crippen molar-refractivity contribution in [2.75, 3.05) is 5.32 Å². The maximum absolute atomic E-state index is 13.6. The van der Waals surface area contributed by atoms with Crippen LogP contribution >= 0.6 is 15.9 Å². The molecule has 4 rings (SSSR count). The molecule has 1 aliphatic rings. The van der Waals surface area contributed by atoms with Crippen LogP contribution in [0.4, 0.5) is 15.0 Å². The second-order valence-electron chi connectivity index (χ2n) is 6.65. The molecule has 0 radical (unpaired) electrons.